The number of hydrogen-bond donors (Lipinski definition) is 1. The van der Waals surface area contributed by atoms with Crippen molar-refractivity contribution in [3.8, 4) is 0 Å². The molecule has 104 valence electrons. The van der Waals surface area contributed by atoms with E-state index >= 15 is 0 Å². The van der Waals surface area contributed by atoms with Crippen molar-refractivity contribution in [2.24, 2.45) is 0 Å². The average Bonchev–Trinajstić information content (AvgIpc) is 2.38. The lowest BCUT2D eigenvalue weighted by molar-refractivity contribution is -0.150. The molecular weight excluding hydrogens is 242 g/mol. The highest BCUT2D eigenvalue weighted by molar-refractivity contribution is 5.88. The molecular formula is C15H21NO3. The average molecular weight is 263 g/mol. The summed E-state index contributed by atoms with van der Waals surface area (Å²) in [5.41, 5.74) is -0.0289. The van der Waals surface area contributed by atoms with E-state index in [9.17, 15) is 9.59 Å². The van der Waals surface area contributed by atoms with Gasteiger partial charge in [-0.3, -0.25) is 4.79 Å². The zero-order chi connectivity index (χ0) is 14.3. The highest BCUT2D eigenvalue weighted by Gasteiger charge is 2.34. The standard InChI is InChI=1S/C15H21NO3/c1-4-10-15(2,14(18)19-3)16-13(17)11-12-8-6-5-7-9-12/h5-9H,4,10-11H2,1-3H3,(H,16,17). The maximum Gasteiger partial charge on any atom is 0.331 e. The summed E-state index contributed by atoms with van der Waals surface area (Å²) in [6.07, 6.45) is 1.61. The van der Waals surface area contributed by atoms with Gasteiger partial charge in [0.2, 0.25) is 5.91 Å². The number of carbonyl (C=O) groups excluding carboxylic acids is 2. The Kier molecular flexibility index (Phi) is 5.55. The first kappa shape index (κ1) is 15.2. The van der Waals surface area contributed by atoms with E-state index in [1.54, 1.807) is 6.92 Å². The molecule has 0 saturated carbocycles. The van der Waals surface area contributed by atoms with Crippen molar-refractivity contribution in [1.82, 2.24) is 5.32 Å². The largest absolute Gasteiger partial charge is 0.467 e. The minimum Gasteiger partial charge on any atom is -0.467 e. The van der Waals surface area contributed by atoms with Crippen molar-refractivity contribution in [2.45, 2.75) is 38.6 Å². The van der Waals surface area contributed by atoms with Gasteiger partial charge < -0.3 is 10.1 Å². The Morgan fingerprint density at radius 1 is 1.26 bits per heavy atom. The summed E-state index contributed by atoms with van der Waals surface area (Å²) in [5, 5.41) is 2.78. The fraction of sp³-hybridized carbons (Fsp3) is 0.467. The number of benzene rings is 1. The third-order valence-electron chi connectivity index (χ3n) is 3.01. The van der Waals surface area contributed by atoms with Gasteiger partial charge in [-0.2, -0.15) is 0 Å². The van der Waals surface area contributed by atoms with Crippen LogP contribution in [0.2, 0.25) is 0 Å². The monoisotopic (exact) mass is 263 g/mol. The second kappa shape index (κ2) is 6.92. The van der Waals surface area contributed by atoms with E-state index in [0.29, 0.717) is 6.42 Å². The molecule has 0 radical (unpaired) electrons. The zero-order valence-electron chi connectivity index (χ0n) is 11.7. The maximum atomic E-state index is 12.0. The molecule has 4 heteroatoms. The van der Waals surface area contributed by atoms with Crippen molar-refractivity contribution in [2.75, 3.05) is 7.11 Å². The van der Waals surface area contributed by atoms with Gasteiger partial charge in [-0.05, 0) is 18.9 Å². The molecule has 4 nitrogen and oxygen atoms in total. The molecule has 0 aliphatic carbocycles. The summed E-state index contributed by atoms with van der Waals surface area (Å²) in [6, 6.07) is 9.43. The lowest BCUT2D eigenvalue weighted by atomic mass is 9.95. The molecule has 1 aromatic rings. The van der Waals surface area contributed by atoms with Crippen LogP contribution in [0.4, 0.5) is 0 Å². The molecule has 1 rings (SSSR count). The van der Waals surface area contributed by atoms with Crippen LogP contribution in [0.1, 0.15) is 32.3 Å². The van der Waals surface area contributed by atoms with Gasteiger partial charge in [0, 0.05) is 0 Å². The molecule has 0 fully saturated rings. The normalized spacial score (nSPS) is 13.4. The zero-order valence-corrected chi connectivity index (χ0v) is 11.7. The molecule has 0 heterocycles. The quantitative estimate of drug-likeness (QED) is 0.799. The van der Waals surface area contributed by atoms with Crippen LogP contribution in [-0.4, -0.2) is 24.5 Å². The van der Waals surface area contributed by atoms with Gasteiger partial charge in [-0.1, -0.05) is 43.7 Å². The highest BCUT2D eigenvalue weighted by Crippen LogP contribution is 2.14. The second-order valence-corrected chi connectivity index (χ2v) is 4.78. The minimum absolute atomic E-state index is 0.174. The van der Waals surface area contributed by atoms with Gasteiger partial charge in [0.15, 0.2) is 0 Å². The molecule has 0 aromatic heterocycles. The SMILES string of the molecule is CCCC(C)(NC(=O)Cc1ccccc1)C(=O)OC. The fourth-order valence-electron chi connectivity index (χ4n) is 2.07. The van der Waals surface area contributed by atoms with Crippen molar-refractivity contribution in [3.63, 3.8) is 0 Å². The molecule has 0 aliphatic heterocycles. The van der Waals surface area contributed by atoms with Crippen LogP contribution in [0.5, 0.6) is 0 Å². The smallest absolute Gasteiger partial charge is 0.331 e. The van der Waals surface area contributed by atoms with E-state index in [1.165, 1.54) is 7.11 Å². The molecule has 1 N–H and O–H groups in total. The minimum atomic E-state index is -0.949. The number of rotatable bonds is 6. The number of hydrogen-bond acceptors (Lipinski definition) is 3. The van der Waals surface area contributed by atoms with Gasteiger partial charge in [0.25, 0.3) is 0 Å². The van der Waals surface area contributed by atoms with E-state index in [2.05, 4.69) is 5.32 Å². The van der Waals surface area contributed by atoms with Crippen molar-refractivity contribution < 1.29 is 14.3 Å². The first-order valence-corrected chi connectivity index (χ1v) is 6.45. The molecule has 1 aromatic carbocycles. The van der Waals surface area contributed by atoms with Crippen LogP contribution in [0.15, 0.2) is 30.3 Å². The lowest BCUT2D eigenvalue weighted by Crippen LogP contribution is -2.53. The molecule has 0 aliphatic rings. The topological polar surface area (TPSA) is 55.4 Å². The van der Waals surface area contributed by atoms with Crippen LogP contribution < -0.4 is 5.32 Å². The van der Waals surface area contributed by atoms with Gasteiger partial charge in [-0.25, -0.2) is 4.79 Å². The lowest BCUT2D eigenvalue weighted by Gasteiger charge is -2.27. The van der Waals surface area contributed by atoms with Crippen molar-refractivity contribution in [3.05, 3.63) is 35.9 Å². The van der Waals surface area contributed by atoms with E-state index < -0.39 is 11.5 Å². The van der Waals surface area contributed by atoms with Crippen LogP contribution in [-0.2, 0) is 20.7 Å². The number of carbonyl (C=O) groups is 2. The second-order valence-electron chi connectivity index (χ2n) is 4.78. The predicted molar refractivity (Wildman–Crippen MR) is 73.6 cm³/mol. The molecule has 0 bridgehead atoms. The van der Waals surface area contributed by atoms with E-state index in [4.69, 9.17) is 4.74 Å². The molecule has 19 heavy (non-hydrogen) atoms. The van der Waals surface area contributed by atoms with Gasteiger partial charge >= 0.3 is 5.97 Å². The summed E-state index contributed by atoms with van der Waals surface area (Å²) in [4.78, 5) is 23.8. The van der Waals surface area contributed by atoms with Crippen LogP contribution in [0.25, 0.3) is 0 Å². The number of esters is 1. The summed E-state index contributed by atoms with van der Waals surface area (Å²) < 4.78 is 4.77. The Labute approximate surface area is 114 Å². The predicted octanol–water partition coefficient (Wildman–Crippen LogP) is 2.08. The Morgan fingerprint density at radius 3 is 2.42 bits per heavy atom. The van der Waals surface area contributed by atoms with Crippen molar-refractivity contribution in [1.29, 1.82) is 0 Å². The van der Waals surface area contributed by atoms with E-state index in [-0.39, 0.29) is 12.3 Å². The Morgan fingerprint density at radius 2 is 1.89 bits per heavy atom. The number of ether oxygens (including phenoxy) is 1. The van der Waals surface area contributed by atoms with Crippen LogP contribution in [0.3, 0.4) is 0 Å². The summed E-state index contributed by atoms with van der Waals surface area (Å²) in [5.74, 6) is -0.580. The fourth-order valence-corrected chi connectivity index (χ4v) is 2.07. The van der Waals surface area contributed by atoms with Crippen LogP contribution in [0, 0.1) is 0 Å². The number of methoxy groups -OCH3 is 1. The Hall–Kier alpha value is -1.84. The van der Waals surface area contributed by atoms with E-state index in [0.717, 1.165) is 12.0 Å². The maximum absolute atomic E-state index is 12.0. The first-order valence-electron chi connectivity index (χ1n) is 6.45. The molecule has 0 spiro atoms. The van der Waals surface area contributed by atoms with Gasteiger partial charge in [-0.15, -0.1) is 0 Å². The van der Waals surface area contributed by atoms with Crippen molar-refractivity contribution >= 4 is 11.9 Å². The molecule has 0 saturated heterocycles. The highest BCUT2D eigenvalue weighted by atomic mass is 16.5. The molecule has 1 amide bonds. The van der Waals surface area contributed by atoms with Gasteiger partial charge in [0.05, 0.1) is 13.5 Å². The third kappa shape index (κ3) is 4.39. The molecule has 1 unspecified atom stereocenters. The van der Waals surface area contributed by atoms with Gasteiger partial charge in [0.1, 0.15) is 5.54 Å². The first-order chi connectivity index (χ1) is 9.01. The Bertz CT molecular complexity index is 430. The number of nitrogens with one attached hydrogen (secondary N) is 1. The summed E-state index contributed by atoms with van der Waals surface area (Å²) >= 11 is 0. The summed E-state index contributed by atoms with van der Waals surface area (Å²) in [6.45, 7) is 3.66. The molecule has 1 atom stereocenters. The number of amides is 1. The van der Waals surface area contributed by atoms with Crippen LogP contribution >= 0.6 is 0 Å². The summed E-state index contributed by atoms with van der Waals surface area (Å²) in [7, 11) is 1.33. The third-order valence-corrected chi connectivity index (χ3v) is 3.01. The van der Waals surface area contributed by atoms with E-state index in [1.807, 2.05) is 37.3 Å². The Balaban J connectivity index is 2.69.